The minimum absolute atomic E-state index is 0.171. The van der Waals surface area contributed by atoms with Crippen LogP contribution in [-0.4, -0.2) is 19.1 Å². The van der Waals surface area contributed by atoms with Gasteiger partial charge in [0.05, 0.1) is 0 Å². The molecule has 3 heteroatoms. The highest BCUT2D eigenvalue weighted by Gasteiger charge is 2.17. The number of hydrogen-bond donors (Lipinski definition) is 1. The molecule has 20 heavy (non-hydrogen) atoms. The summed E-state index contributed by atoms with van der Waals surface area (Å²) in [6.45, 7) is 3.41. The number of nitrogens with two attached hydrogens (primary N) is 1. The first-order chi connectivity index (χ1) is 9.74. The number of hydrogen-bond acceptors (Lipinski definition) is 2. The Balaban J connectivity index is 2.19. The van der Waals surface area contributed by atoms with Crippen molar-refractivity contribution in [2.75, 3.05) is 18.0 Å². The molecular formula is C17H21FN2. The Morgan fingerprint density at radius 3 is 2.45 bits per heavy atom. The van der Waals surface area contributed by atoms with E-state index in [9.17, 15) is 4.39 Å². The van der Waals surface area contributed by atoms with Gasteiger partial charge in [-0.2, -0.15) is 0 Å². The summed E-state index contributed by atoms with van der Waals surface area (Å²) in [6, 6.07) is 17.1. The van der Waals surface area contributed by atoms with Gasteiger partial charge in [-0.15, -0.1) is 0 Å². The van der Waals surface area contributed by atoms with Crippen LogP contribution in [0.1, 0.15) is 12.5 Å². The molecule has 0 heterocycles. The van der Waals surface area contributed by atoms with Crippen LogP contribution in [0.3, 0.4) is 0 Å². The van der Waals surface area contributed by atoms with Gasteiger partial charge in [0.25, 0.3) is 0 Å². The van der Waals surface area contributed by atoms with Crippen LogP contribution in [0.25, 0.3) is 0 Å². The molecule has 0 aliphatic carbocycles. The molecular weight excluding hydrogens is 251 g/mol. The lowest BCUT2D eigenvalue weighted by atomic mass is 10.0. The molecule has 2 nitrogen and oxygen atoms in total. The number of rotatable bonds is 6. The summed E-state index contributed by atoms with van der Waals surface area (Å²) in [5.41, 5.74) is 8.07. The predicted octanol–water partition coefficient (Wildman–Crippen LogP) is 3.22. The van der Waals surface area contributed by atoms with Crippen LogP contribution in [0, 0.1) is 5.82 Å². The lowest BCUT2D eigenvalue weighted by Gasteiger charge is -2.32. The van der Waals surface area contributed by atoms with E-state index in [2.05, 4.69) is 24.0 Å². The lowest BCUT2D eigenvalue weighted by Crippen LogP contribution is -2.42. The minimum Gasteiger partial charge on any atom is -0.367 e. The van der Waals surface area contributed by atoms with E-state index < -0.39 is 0 Å². The SMILES string of the molecule is CCN(c1cccc(F)c1)C(CN)Cc1ccccc1. The van der Waals surface area contributed by atoms with E-state index in [4.69, 9.17) is 5.73 Å². The average molecular weight is 272 g/mol. The van der Waals surface area contributed by atoms with E-state index in [-0.39, 0.29) is 11.9 Å². The Morgan fingerprint density at radius 2 is 1.85 bits per heavy atom. The molecule has 106 valence electrons. The molecule has 1 atom stereocenters. The minimum atomic E-state index is -0.212. The zero-order valence-electron chi connectivity index (χ0n) is 11.8. The summed E-state index contributed by atoms with van der Waals surface area (Å²) in [5, 5.41) is 0. The highest BCUT2D eigenvalue weighted by molar-refractivity contribution is 5.48. The van der Waals surface area contributed by atoms with Crippen LogP contribution < -0.4 is 10.6 Å². The molecule has 0 aromatic heterocycles. The van der Waals surface area contributed by atoms with Gasteiger partial charge in [-0.3, -0.25) is 0 Å². The van der Waals surface area contributed by atoms with E-state index in [1.165, 1.54) is 11.6 Å². The maximum Gasteiger partial charge on any atom is 0.125 e. The standard InChI is InChI=1S/C17H21FN2/c1-2-20(16-10-6-9-15(18)12-16)17(13-19)11-14-7-4-3-5-8-14/h3-10,12,17H,2,11,13,19H2,1H3. The predicted molar refractivity (Wildman–Crippen MR) is 82.4 cm³/mol. The quantitative estimate of drug-likeness (QED) is 0.875. The first kappa shape index (κ1) is 14.5. The molecule has 0 fully saturated rings. The number of benzene rings is 2. The van der Waals surface area contributed by atoms with Crippen molar-refractivity contribution in [2.45, 2.75) is 19.4 Å². The van der Waals surface area contributed by atoms with E-state index >= 15 is 0 Å². The largest absolute Gasteiger partial charge is 0.367 e. The van der Waals surface area contributed by atoms with Crippen LogP contribution in [0.5, 0.6) is 0 Å². The van der Waals surface area contributed by atoms with Gasteiger partial charge in [0.15, 0.2) is 0 Å². The molecule has 0 aliphatic heterocycles. The second-order valence-electron chi connectivity index (χ2n) is 4.85. The Kier molecular flexibility index (Phi) is 5.13. The fourth-order valence-corrected chi connectivity index (χ4v) is 2.51. The normalized spacial score (nSPS) is 12.2. The number of anilines is 1. The van der Waals surface area contributed by atoms with Gasteiger partial charge < -0.3 is 10.6 Å². The topological polar surface area (TPSA) is 29.3 Å². The molecule has 0 bridgehead atoms. The monoisotopic (exact) mass is 272 g/mol. The summed E-state index contributed by atoms with van der Waals surface area (Å²) < 4.78 is 13.4. The van der Waals surface area contributed by atoms with Gasteiger partial charge in [-0.05, 0) is 37.1 Å². The van der Waals surface area contributed by atoms with Gasteiger partial charge in [-0.1, -0.05) is 36.4 Å². The highest BCUT2D eigenvalue weighted by Crippen LogP contribution is 2.19. The van der Waals surface area contributed by atoms with E-state index in [1.54, 1.807) is 12.1 Å². The van der Waals surface area contributed by atoms with Gasteiger partial charge in [0.1, 0.15) is 5.82 Å². The molecule has 2 aromatic carbocycles. The maximum absolute atomic E-state index is 13.4. The van der Waals surface area contributed by atoms with Crippen molar-refractivity contribution in [1.29, 1.82) is 0 Å². The second-order valence-corrected chi connectivity index (χ2v) is 4.85. The molecule has 0 spiro atoms. The zero-order valence-corrected chi connectivity index (χ0v) is 11.8. The number of halogens is 1. The number of nitrogens with zero attached hydrogens (tertiary/aromatic N) is 1. The third-order valence-corrected chi connectivity index (χ3v) is 3.51. The summed E-state index contributed by atoms with van der Waals surface area (Å²) >= 11 is 0. The third-order valence-electron chi connectivity index (χ3n) is 3.51. The van der Waals surface area contributed by atoms with Crippen molar-refractivity contribution in [1.82, 2.24) is 0 Å². The molecule has 2 rings (SSSR count). The third kappa shape index (κ3) is 3.58. The molecule has 0 radical (unpaired) electrons. The molecule has 1 unspecified atom stereocenters. The molecule has 2 aromatic rings. The van der Waals surface area contributed by atoms with Crippen molar-refractivity contribution in [3.05, 3.63) is 66.0 Å². The van der Waals surface area contributed by atoms with E-state index in [0.29, 0.717) is 6.54 Å². The Bertz CT molecular complexity index is 528. The maximum atomic E-state index is 13.4. The molecule has 0 saturated carbocycles. The van der Waals surface area contributed by atoms with Crippen molar-refractivity contribution >= 4 is 5.69 Å². The van der Waals surface area contributed by atoms with Crippen molar-refractivity contribution in [2.24, 2.45) is 5.73 Å². The average Bonchev–Trinajstić information content (AvgIpc) is 2.48. The van der Waals surface area contributed by atoms with Crippen LogP contribution in [0.4, 0.5) is 10.1 Å². The fourth-order valence-electron chi connectivity index (χ4n) is 2.51. The van der Waals surface area contributed by atoms with Gasteiger partial charge >= 0.3 is 0 Å². The second kappa shape index (κ2) is 7.06. The summed E-state index contributed by atoms with van der Waals surface area (Å²) in [4.78, 5) is 2.16. The molecule has 0 saturated heterocycles. The van der Waals surface area contributed by atoms with Crippen molar-refractivity contribution in [3.8, 4) is 0 Å². The van der Waals surface area contributed by atoms with Crippen LogP contribution in [0.2, 0.25) is 0 Å². The zero-order chi connectivity index (χ0) is 14.4. The summed E-state index contributed by atoms with van der Waals surface area (Å²) in [7, 11) is 0. The first-order valence-corrected chi connectivity index (χ1v) is 7.00. The van der Waals surface area contributed by atoms with E-state index in [1.807, 2.05) is 24.3 Å². The molecule has 0 aliphatic rings. The smallest absolute Gasteiger partial charge is 0.125 e. The molecule has 2 N–H and O–H groups in total. The summed E-state index contributed by atoms with van der Waals surface area (Å²) in [5.74, 6) is -0.212. The van der Waals surface area contributed by atoms with Gasteiger partial charge in [-0.25, -0.2) is 4.39 Å². The van der Waals surface area contributed by atoms with Gasteiger partial charge in [0.2, 0.25) is 0 Å². The Hall–Kier alpha value is -1.87. The van der Waals surface area contributed by atoms with Crippen molar-refractivity contribution in [3.63, 3.8) is 0 Å². The highest BCUT2D eigenvalue weighted by atomic mass is 19.1. The Morgan fingerprint density at radius 1 is 1.10 bits per heavy atom. The molecule has 0 amide bonds. The van der Waals surface area contributed by atoms with E-state index in [0.717, 1.165) is 18.7 Å². The van der Waals surface area contributed by atoms with Crippen molar-refractivity contribution < 1.29 is 4.39 Å². The first-order valence-electron chi connectivity index (χ1n) is 7.00. The van der Waals surface area contributed by atoms with Crippen LogP contribution in [-0.2, 0) is 6.42 Å². The van der Waals surface area contributed by atoms with Gasteiger partial charge in [0, 0.05) is 24.8 Å². The lowest BCUT2D eigenvalue weighted by molar-refractivity contribution is 0.596. The summed E-state index contributed by atoms with van der Waals surface area (Å²) in [6.07, 6.45) is 0.863. The van der Waals surface area contributed by atoms with Crippen LogP contribution in [0.15, 0.2) is 54.6 Å². The fraction of sp³-hybridized carbons (Fsp3) is 0.294. The Labute approximate surface area is 120 Å². The number of likely N-dealkylation sites (N-methyl/N-ethyl adjacent to an activating group) is 1. The van der Waals surface area contributed by atoms with Crippen LogP contribution >= 0.6 is 0 Å².